The fraction of sp³-hybridized carbons (Fsp3) is 0.923. The molecule has 0 aromatic heterocycles. The van der Waals surface area contributed by atoms with E-state index in [2.05, 4.69) is 25.7 Å². The highest BCUT2D eigenvalue weighted by atomic mass is 16.5. The highest BCUT2D eigenvalue weighted by molar-refractivity contribution is 5.71. The molecule has 0 saturated heterocycles. The van der Waals surface area contributed by atoms with E-state index in [9.17, 15) is 4.79 Å². The second-order valence-electron chi connectivity index (χ2n) is 4.29. The summed E-state index contributed by atoms with van der Waals surface area (Å²) in [5, 5.41) is 0. The van der Waals surface area contributed by atoms with Crippen molar-refractivity contribution in [1.29, 1.82) is 0 Å². The van der Waals surface area contributed by atoms with Crippen molar-refractivity contribution in [3.05, 3.63) is 0 Å². The first-order valence-corrected chi connectivity index (χ1v) is 6.54. The normalized spacial score (nSPS) is 12.8. The molecule has 4 heteroatoms. The average Bonchev–Trinajstić information content (AvgIpc) is 2.33. The third-order valence-corrected chi connectivity index (χ3v) is 2.89. The molecular weight excluding hydrogens is 218 g/mol. The highest BCUT2D eigenvalue weighted by Gasteiger charge is 2.16. The lowest BCUT2D eigenvalue weighted by Gasteiger charge is -2.26. The average molecular weight is 245 g/mol. The van der Waals surface area contributed by atoms with Crippen molar-refractivity contribution in [2.24, 2.45) is 0 Å². The molecular formula is C13H27NO3. The van der Waals surface area contributed by atoms with E-state index in [1.807, 2.05) is 0 Å². The molecule has 1 unspecified atom stereocenters. The van der Waals surface area contributed by atoms with E-state index in [0.717, 1.165) is 25.8 Å². The predicted molar refractivity (Wildman–Crippen MR) is 69.1 cm³/mol. The third kappa shape index (κ3) is 8.16. The lowest BCUT2D eigenvalue weighted by Crippen LogP contribution is -2.39. The molecule has 17 heavy (non-hydrogen) atoms. The lowest BCUT2D eigenvalue weighted by atomic mass is 10.2. The lowest BCUT2D eigenvalue weighted by molar-refractivity contribution is -0.145. The zero-order valence-corrected chi connectivity index (χ0v) is 11.7. The van der Waals surface area contributed by atoms with Crippen LogP contribution < -0.4 is 0 Å². The summed E-state index contributed by atoms with van der Waals surface area (Å²) in [5.41, 5.74) is 0. The van der Waals surface area contributed by atoms with Crippen LogP contribution in [0.5, 0.6) is 0 Å². The molecule has 0 saturated carbocycles. The molecule has 0 aliphatic carbocycles. The summed E-state index contributed by atoms with van der Waals surface area (Å²) in [6.07, 6.45) is 3.01. The monoisotopic (exact) mass is 245 g/mol. The Balaban J connectivity index is 3.99. The van der Waals surface area contributed by atoms with Gasteiger partial charge in [-0.1, -0.05) is 20.3 Å². The zero-order valence-electron chi connectivity index (χ0n) is 11.7. The third-order valence-electron chi connectivity index (χ3n) is 2.89. The quantitative estimate of drug-likeness (QED) is 0.436. The molecule has 0 amide bonds. The first-order valence-electron chi connectivity index (χ1n) is 6.54. The van der Waals surface area contributed by atoms with E-state index >= 15 is 0 Å². The van der Waals surface area contributed by atoms with Crippen LogP contribution >= 0.6 is 0 Å². The van der Waals surface area contributed by atoms with Crippen molar-refractivity contribution in [1.82, 2.24) is 4.90 Å². The van der Waals surface area contributed by atoms with Gasteiger partial charge < -0.3 is 9.47 Å². The molecule has 0 aliphatic rings. The molecule has 0 heterocycles. The van der Waals surface area contributed by atoms with Crippen molar-refractivity contribution < 1.29 is 14.3 Å². The number of carbonyl (C=O) groups is 1. The Kier molecular flexibility index (Phi) is 10.2. The Labute approximate surface area is 105 Å². The van der Waals surface area contributed by atoms with Gasteiger partial charge in [0, 0.05) is 19.7 Å². The van der Waals surface area contributed by atoms with Gasteiger partial charge in [0.05, 0.1) is 19.8 Å². The van der Waals surface area contributed by atoms with Gasteiger partial charge in [-0.05, 0) is 19.8 Å². The van der Waals surface area contributed by atoms with Gasteiger partial charge >= 0.3 is 5.97 Å². The summed E-state index contributed by atoms with van der Waals surface area (Å²) in [6, 6.07) is 0.379. The van der Waals surface area contributed by atoms with Gasteiger partial charge in [0.25, 0.3) is 0 Å². The molecule has 0 N–H and O–H groups in total. The fourth-order valence-electron chi connectivity index (χ4n) is 1.46. The number of ether oxygens (including phenoxy) is 2. The maximum Gasteiger partial charge on any atom is 0.320 e. The molecule has 0 aromatic carbocycles. The minimum atomic E-state index is -0.130. The number of nitrogens with zero attached hydrogens (tertiary/aromatic N) is 1. The number of carbonyl (C=O) groups excluding carboxylic acids is 1. The molecule has 0 rings (SSSR count). The minimum absolute atomic E-state index is 0.130. The zero-order chi connectivity index (χ0) is 13.1. The Hall–Kier alpha value is -0.610. The van der Waals surface area contributed by atoms with Crippen LogP contribution in [0.3, 0.4) is 0 Å². The van der Waals surface area contributed by atoms with Crippen LogP contribution in [0.2, 0.25) is 0 Å². The maximum atomic E-state index is 11.6. The van der Waals surface area contributed by atoms with Crippen molar-refractivity contribution in [2.45, 2.75) is 46.1 Å². The van der Waals surface area contributed by atoms with Gasteiger partial charge in [0.1, 0.15) is 0 Å². The Morgan fingerprint density at radius 3 is 2.53 bits per heavy atom. The Bertz CT molecular complexity index is 197. The molecule has 0 aliphatic heterocycles. The molecule has 0 radical (unpaired) electrons. The van der Waals surface area contributed by atoms with E-state index in [4.69, 9.17) is 9.47 Å². The summed E-state index contributed by atoms with van der Waals surface area (Å²) in [7, 11) is 1.67. The second kappa shape index (κ2) is 10.5. The van der Waals surface area contributed by atoms with E-state index in [1.165, 1.54) is 0 Å². The van der Waals surface area contributed by atoms with Crippen LogP contribution in [-0.2, 0) is 14.3 Å². The molecule has 0 bridgehead atoms. The van der Waals surface area contributed by atoms with Gasteiger partial charge in [-0.3, -0.25) is 9.69 Å². The van der Waals surface area contributed by atoms with Crippen molar-refractivity contribution in [3.63, 3.8) is 0 Å². The predicted octanol–water partition coefficient (Wildman–Crippen LogP) is 2.08. The summed E-state index contributed by atoms with van der Waals surface area (Å²) < 4.78 is 10.2. The summed E-state index contributed by atoms with van der Waals surface area (Å²) in [5.74, 6) is -0.130. The molecule has 102 valence electrons. The number of unbranched alkanes of at least 4 members (excludes halogenated alkanes) is 1. The van der Waals surface area contributed by atoms with Crippen molar-refractivity contribution in [3.8, 4) is 0 Å². The van der Waals surface area contributed by atoms with Crippen molar-refractivity contribution in [2.75, 3.05) is 33.4 Å². The van der Waals surface area contributed by atoms with Gasteiger partial charge in [-0.15, -0.1) is 0 Å². The molecule has 0 aromatic rings. The van der Waals surface area contributed by atoms with Gasteiger partial charge in [0.2, 0.25) is 0 Å². The van der Waals surface area contributed by atoms with Crippen LogP contribution in [0, 0.1) is 0 Å². The van der Waals surface area contributed by atoms with Crippen LogP contribution in [0.15, 0.2) is 0 Å². The van der Waals surface area contributed by atoms with Crippen LogP contribution in [0.4, 0.5) is 0 Å². The molecule has 4 nitrogen and oxygen atoms in total. The smallest absolute Gasteiger partial charge is 0.320 e. The molecule has 1 atom stereocenters. The minimum Gasteiger partial charge on any atom is -0.465 e. The number of esters is 1. The van der Waals surface area contributed by atoms with Crippen LogP contribution in [0.25, 0.3) is 0 Å². The van der Waals surface area contributed by atoms with Gasteiger partial charge in [-0.25, -0.2) is 0 Å². The Morgan fingerprint density at radius 1 is 1.29 bits per heavy atom. The van der Waals surface area contributed by atoms with Gasteiger partial charge in [-0.2, -0.15) is 0 Å². The largest absolute Gasteiger partial charge is 0.465 e. The molecule has 0 spiro atoms. The van der Waals surface area contributed by atoms with Gasteiger partial charge in [0.15, 0.2) is 0 Å². The standard InChI is InChI=1S/C13H27NO3/c1-5-7-9-17-13(15)11-14(8-10-16-4)12(3)6-2/h12H,5-11H2,1-4H3. The number of hydrogen-bond acceptors (Lipinski definition) is 4. The summed E-state index contributed by atoms with van der Waals surface area (Å²) >= 11 is 0. The number of hydrogen-bond donors (Lipinski definition) is 0. The molecule has 0 fully saturated rings. The highest BCUT2D eigenvalue weighted by Crippen LogP contribution is 2.03. The first-order chi connectivity index (χ1) is 8.15. The number of rotatable bonds is 10. The van der Waals surface area contributed by atoms with Crippen molar-refractivity contribution >= 4 is 5.97 Å². The maximum absolute atomic E-state index is 11.6. The number of methoxy groups -OCH3 is 1. The first kappa shape index (κ1) is 16.4. The fourth-order valence-corrected chi connectivity index (χ4v) is 1.46. The summed E-state index contributed by atoms with van der Waals surface area (Å²) in [4.78, 5) is 13.7. The van der Waals surface area contributed by atoms with Crippen LogP contribution in [0.1, 0.15) is 40.0 Å². The van der Waals surface area contributed by atoms with E-state index < -0.39 is 0 Å². The van der Waals surface area contributed by atoms with E-state index in [1.54, 1.807) is 7.11 Å². The van der Waals surface area contributed by atoms with E-state index in [-0.39, 0.29) is 5.97 Å². The Morgan fingerprint density at radius 2 is 2.00 bits per heavy atom. The van der Waals surface area contributed by atoms with Crippen LogP contribution in [-0.4, -0.2) is 50.3 Å². The topological polar surface area (TPSA) is 38.8 Å². The summed E-state index contributed by atoms with van der Waals surface area (Å²) in [6.45, 7) is 8.64. The SMILES string of the molecule is CCCCOC(=O)CN(CCOC)C(C)CC. The second-order valence-corrected chi connectivity index (χ2v) is 4.29. The van der Waals surface area contributed by atoms with E-state index in [0.29, 0.717) is 25.8 Å².